The van der Waals surface area contributed by atoms with Gasteiger partial charge < -0.3 is 10.6 Å². The third kappa shape index (κ3) is 7.45. The lowest BCUT2D eigenvalue weighted by Gasteiger charge is -2.30. The molecule has 5 nitrogen and oxygen atoms in total. The molecule has 0 bridgehead atoms. The number of nitrogens with one attached hydrogen (secondary N) is 2. The monoisotopic (exact) mass is 277 g/mol. The zero-order chi connectivity index (χ0) is 15.5. The van der Waals surface area contributed by atoms with E-state index in [-0.39, 0.29) is 44.0 Å². The Morgan fingerprint density at radius 1 is 1.00 bits per heavy atom. The zero-order valence-electron chi connectivity index (χ0n) is 12.4. The Kier molecular flexibility index (Phi) is 8.91. The first-order chi connectivity index (χ1) is 9.42. The van der Waals surface area contributed by atoms with Gasteiger partial charge in [-0.1, -0.05) is 25.7 Å². The molecule has 0 aliphatic rings. The largest absolute Gasteiger partial charge is 0.344 e. The van der Waals surface area contributed by atoms with Crippen LogP contribution in [0.1, 0.15) is 20.8 Å². The van der Waals surface area contributed by atoms with E-state index in [0.29, 0.717) is 5.92 Å². The number of terminal acetylenes is 2. The summed E-state index contributed by atoms with van der Waals surface area (Å²) in [6.45, 7) is 6.69. The van der Waals surface area contributed by atoms with Gasteiger partial charge in [0, 0.05) is 6.04 Å². The molecule has 2 N–H and O–H groups in total. The van der Waals surface area contributed by atoms with E-state index >= 15 is 0 Å². The van der Waals surface area contributed by atoms with Crippen molar-refractivity contribution >= 4 is 11.8 Å². The Morgan fingerprint density at radius 3 is 1.70 bits per heavy atom. The molecule has 1 unspecified atom stereocenters. The number of nitrogens with zero attached hydrogens (tertiary/aromatic N) is 1. The van der Waals surface area contributed by atoms with Crippen LogP contribution in [0.4, 0.5) is 0 Å². The summed E-state index contributed by atoms with van der Waals surface area (Å²) in [6.07, 6.45) is 10.2. The lowest BCUT2D eigenvalue weighted by Crippen LogP contribution is -2.48. The highest BCUT2D eigenvalue weighted by Gasteiger charge is 2.22. The van der Waals surface area contributed by atoms with Gasteiger partial charge in [0.1, 0.15) is 0 Å². The van der Waals surface area contributed by atoms with E-state index in [1.807, 2.05) is 25.7 Å². The Labute approximate surface area is 121 Å². The van der Waals surface area contributed by atoms with Crippen LogP contribution in [0.3, 0.4) is 0 Å². The van der Waals surface area contributed by atoms with Gasteiger partial charge in [-0.05, 0) is 12.8 Å². The number of hydrogen-bond donors (Lipinski definition) is 2. The smallest absolute Gasteiger partial charge is 0.234 e. The average molecular weight is 277 g/mol. The van der Waals surface area contributed by atoms with Gasteiger partial charge in [-0.25, -0.2) is 0 Å². The second-order valence-corrected chi connectivity index (χ2v) is 4.85. The third-order valence-corrected chi connectivity index (χ3v) is 3.01. The molecule has 2 amide bonds. The molecule has 0 heterocycles. The van der Waals surface area contributed by atoms with Crippen molar-refractivity contribution in [3.8, 4) is 24.7 Å². The summed E-state index contributed by atoms with van der Waals surface area (Å²) in [6, 6.07) is 0.0863. The minimum absolute atomic E-state index is 0.0863. The first-order valence-electron chi connectivity index (χ1n) is 6.56. The number of carbonyl (C=O) groups is 2. The molecule has 0 aromatic rings. The highest BCUT2D eigenvalue weighted by atomic mass is 16.2. The summed E-state index contributed by atoms with van der Waals surface area (Å²) < 4.78 is 0. The molecule has 0 aromatic heterocycles. The topological polar surface area (TPSA) is 61.4 Å². The van der Waals surface area contributed by atoms with Gasteiger partial charge in [0.2, 0.25) is 11.8 Å². The molecule has 20 heavy (non-hydrogen) atoms. The number of hydrogen-bond acceptors (Lipinski definition) is 3. The Morgan fingerprint density at radius 2 is 1.40 bits per heavy atom. The molecule has 1 atom stereocenters. The van der Waals surface area contributed by atoms with Crippen LogP contribution in [0.15, 0.2) is 0 Å². The summed E-state index contributed by atoms with van der Waals surface area (Å²) in [5, 5.41) is 5.18. The summed E-state index contributed by atoms with van der Waals surface area (Å²) in [4.78, 5) is 25.3. The van der Waals surface area contributed by atoms with Crippen LogP contribution in [-0.4, -0.2) is 48.9 Å². The van der Waals surface area contributed by atoms with Crippen LogP contribution in [0.2, 0.25) is 0 Å². The summed E-state index contributed by atoms with van der Waals surface area (Å²) in [5.74, 6) is 4.61. The second kappa shape index (κ2) is 9.89. The number of amides is 2. The van der Waals surface area contributed by atoms with Crippen LogP contribution in [0, 0.1) is 30.6 Å². The molecule has 0 fully saturated rings. The fourth-order valence-electron chi connectivity index (χ4n) is 1.55. The van der Waals surface area contributed by atoms with E-state index in [1.54, 1.807) is 0 Å². The standard InChI is InChI=1S/C15H23N3O2/c1-6-8-16-14(19)10-18(13(5)12(3)4)11-15(20)17-9-7-2/h1-2,12-13H,8-11H2,3-5H3,(H,16,19)(H,17,20). The fourth-order valence-corrected chi connectivity index (χ4v) is 1.55. The lowest BCUT2D eigenvalue weighted by molar-refractivity contribution is -0.126. The molecule has 0 aliphatic heterocycles. The van der Waals surface area contributed by atoms with E-state index in [0.717, 1.165) is 0 Å². The molecule has 0 radical (unpaired) electrons. The lowest BCUT2D eigenvalue weighted by atomic mass is 10.0. The van der Waals surface area contributed by atoms with Gasteiger partial charge in [0.25, 0.3) is 0 Å². The molecule has 110 valence electrons. The molecular weight excluding hydrogens is 254 g/mol. The number of rotatable bonds is 8. The van der Waals surface area contributed by atoms with E-state index in [4.69, 9.17) is 12.8 Å². The van der Waals surface area contributed by atoms with E-state index in [1.165, 1.54) is 0 Å². The summed E-state index contributed by atoms with van der Waals surface area (Å²) in [5.41, 5.74) is 0. The predicted molar refractivity (Wildman–Crippen MR) is 79.6 cm³/mol. The highest BCUT2D eigenvalue weighted by molar-refractivity contribution is 5.81. The minimum atomic E-state index is -0.194. The van der Waals surface area contributed by atoms with Crippen LogP contribution >= 0.6 is 0 Å². The molecule has 0 aromatic carbocycles. The molecule has 0 saturated carbocycles. The molecule has 5 heteroatoms. The molecular formula is C15H23N3O2. The van der Waals surface area contributed by atoms with Crippen LogP contribution in [0.25, 0.3) is 0 Å². The normalized spacial score (nSPS) is 11.6. The second-order valence-electron chi connectivity index (χ2n) is 4.85. The Bertz CT molecular complexity index is 372. The van der Waals surface area contributed by atoms with Crippen LogP contribution < -0.4 is 10.6 Å². The molecule has 0 aliphatic carbocycles. The molecule has 0 rings (SSSR count). The Balaban J connectivity index is 4.58. The van der Waals surface area contributed by atoms with Crippen molar-refractivity contribution in [3.63, 3.8) is 0 Å². The van der Waals surface area contributed by atoms with Crippen LogP contribution in [-0.2, 0) is 9.59 Å². The van der Waals surface area contributed by atoms with Crippen molar-refractivity contribution in [1.29, 1.82) is 0 Å². The van der Waals surface area contributed by atoms with Crippen molar-refractivity contribution in [2.45, 2.75) is 26.8 Å². The minimum Gasteiger partial charge on any atom is -0.344 e. The summed E-state index contributed by atoms with van der Waals surface area (Å²) >= 11 is 0. The van der Waals surface area contributed by atoms with E-state index in [9.17, 15) is 9.59 Å². The average Bonchev–Trinajstić information content (AvgIpc) is 2.41. The van der Waals surface area contributed by atoms with E-state index < -0.39 is 0 Å². The maximum atomic E-state index is 11.7. The highest BCUT2D eigenvalue weighted by Crippen LogP contribution is 2.09. The SMILES string of the molecule is C#CCNC(=O)CN(CC(=O)NCC#C)C(C)C(C)C. The van der Waals surface area contributed by atoms with Gasteiger partial charge in [-0.3, -0.25) is 14.5 Å². The quantitative estimate of drug-likeness (QED) is 0.606. The first-order valence-corrected chi connectivity index (χ1v) is 6.56. The number of carbonyl (C=O) groups excluding carboxylic acids is 2. The van der Waals surface area contributed by atoms with Gasteiger partial charge >= 0.3 is 0 Å². The summed E-state index contributed by atoms with van der Waals surface area (Å²) in [7, 11) is 0. The maximum Gasteiger partial charge on any atom is 0.234 e. The third-order valence-electron chi connectivity index (χ3n) is 3.01. The van der Waals surface area contributed by atoms with Crippen molar-refractivity contribution < 1.29 is 9.59 Å². The zero-order valence-corrected chi connectivity index (χ0v) is 12.4. The van der Waals surface area contributed by atoms with Gasteiger partial charge in [-0.2, -0.15) is 0 Å². The fraction of sp³-hybridized carbons (Fsp3) is 0.600. The van der Waals surface area contributed by atoms with Gasteiger partial charge in [-0.15, -0.1) is 12.8 Å². The molecule has 0 saturated heterocycles. The first kappa shape index (κ1) is 18.0. The van der Waals surface area contributed by atoms with Crippen LogP contribution in [0.5, 0.6) is 0 Å². The van der Waals surface area contributed by atoms with Gasteiger partial charge in [0.15, 0.2) is 0 Å². The molecule has 0 spiro atoms. The Hall–Kier alpha value is -1.98. The van der Waals surface area contributed by atoms with Crippen molar-refractivity contribution in [3.05, 3.63) is 0 Å². The van der Waals surface area contributed by atoms with E-state index in [2.05, 4.69) is 22.5 Å². The van der Waals surface area contributed by atoms with Crippen molar-refractivity contribution in [1.82, 2.24) is 15.5 Å². The predicted octanol–water partition coefficient (Wildman–Crippen LogP) is -0.168. The van der Waals surface area contributed by atoms with Crippen molar-refractivity contribution in [2.75, 3.05) is 26.2 Å². The maximum absolute atomic E-state index is 11.7. The van der Waals surface area contributed by atoms with Crippen molar-refractivity contribution in [2.24, 2.45) is 5.92 Å². The van der Waals surface area contributed by atoms with Gasteiger partial charge in [0.05, 0.1) is 26.2 Å².